The molecule has 0 aromatic carbocycles. The highest BCUT2D eigenvalue weighted by Gasteiger charge is 2.52. The standard InChI is InChI=1S/C10H21BO3/c1-6-8(13-5)10(3,7(2)12-4)14-9(6)11/h6-9H,11H2,1-5H3/t6?,7?,8-,9?,10+/m0/s1. The van der Waals surface area contributed by atoms with E-state index in [0.717, 1.165) is 0 Å². The molecule has 0 amide bonds. The van der Waals surface area contributed by atoms with E-state index >= 15 is 0 Å². The maximum atomic E-state index is 5.97. The van der Waals surface area contributed by atoms with Gasteiger partial charge in [-0.15, -0.1) is 0 Å². The van der Waals surface area contributed by atoms with Gasteiger partial charge in [-0.3, -0.25) is 0 Å². The minimum atomic E-state index is -0.331. The number of hydrogen-bond acceptors (Lipinski definition) is 3. The van der Waals surface area contributed by atoms with Gasteiger partial charge in [0.25, 0.3) is 0 Å². The summed E-state index contributed by atoms with van der Waals surface area (Å²) < 4.78 is 16.9. The lowest BCUT2D eigenvalue weighted by atomic mass is 9.82. The highest BCUT2D eigenvalue weighted by molar-refractivity contribution is 6.11. The Hall–Kier alpha value is -0.0551. The molecule has 0 saturated carbocycles. The predicted molar refractivity (Wildman–Crippen MR) is 58.3 cm³/mol. The van der Waals surface area contributed by atoms with E-state index < -0.39 is 0 Å². The van der Waals surface area contributed by atoms with Crippen molar-refractivity contribution in [2.24, 2.45) is 5.92 Å². The minimum absolute atomic E-state index is 0.0415. The smallest absolute Gasteiger partial charge is 0.139 e. The number of rotatable bonds is 3. The first kappa shape index (κ1) is 12.0. The van der Waals surface area contributed by atoms with Gasteiger partial charge in [0.1, 0.15) is 13.4 Å². The van der Waals surface area contributed by atoms with Crippen LogP contribution < -0.4 is 0 Å². The third-order valence-electron chi connectivity index (χ3n) is 3.64. The molecule has 1 heterocycles. The Kier molecular flexibility index (Phi) is 3.61. The lowest BCUT2D eigenvalue weighted by molar-refractivity contribution is -0.141. The summed E-state index contributed by atoms with van der Waals surface area (Å²) in [6.07, 6.45) is 0.146. The fraction of sp³-hybridized carbons (Fsp3) is 1.00. The van der Waals surface area contributed by atoms with Gasteiger partial charge in [-0.2, -0.15) is 0 Å². The molecule has 5 atom stereocenters. The molecule has 0 aliphatic carbocycles. The van der Waals surface area contributed by atoms with Crippen molar-refractivity contribution in [3.63, 3.8) is 0 Å². The predicted octanol–water partition coefficient (Wildman–Crippen LogP) is 0.420. The summed E-state index contributed by atoms with van der Waals surface area (Å²) in [5.74, 6) is 0.405. The fourth-order valence-electron chi connectivity index (χ4n) is 2.35. The zero-order chi connectivity index (χ0) is 10.9. The van der Waals surface area contributed by atoms with Gasteiger partial charge < -0.3 is 14.2 Å². The van der Waals surface area contributed by atoms with Crippen molar-refractivity contribution in [3.8, 4) is 0 Å². The second-order valence-corrected chi connectivity index (χ2v) is 4.40. The largest absolute Gasteiger partial charge is 0.379 e. The van der Waals surface area contributed by atoms with Crippen LogP contribution in [0.5, 0.6) is 0 Å². The summed E-state index contributed by atoms with van der Waals surface area (Å²) in [5, 5.41) is 0. The first-order chi connectivity index (χ1) is 6.47. The lowest BCUT2D eigenvalue weighted by Gasteiger charge is -2.35. The van der Waals surface area contributed by atoms with Crippen LogP contribution in [0.1, 0.15) is 20.8 Å². The molecule has 0 bridgehead atoms. The average Bonchev–Trinajstić information content (AvgIpc) is 2.38. The normalized spacial score (nSPS) is 45.4. The molecule has 3 nitrogen and oxygen atoms in total. The summed E-state index contributed by atoms with van der Waals surface area (Å²) in [7, 11) is 5.53. The SMILES string of the molecule is BC1O[C@](C)(C(C)OC)[C@@H](OC)C1C. The molecule has 0 spiro atoms. The van der Waals surface area contributed by atoms with Crippen LogP contribution in [0.15, 0.2) is 0 Å². The molecule has 1 rings (SSSR count). The first-order valence-corrected chi connectivity index (χ1v) is 5.20. The van der Waals surface area contributed by atoms with Crippen LogP contribution in [0.2, 0.25) is 0 Å². The second kappa shape index (κ2) is 4.21. The number of hydrogen-bond donors (Lipinski definition) is 0. The molecule has 1 fully saturated rings. The average molecular weight is 200 g/mol. The Morgan fingerprint density at radius 3 is 2.43 bits per heavy atom. The van der Waals surface area contributed by atoms with Crippen molar-refractivity contribution >= 4 is 7.85 Å². The van der Waals surface area contributed by atoms with Gasteiger partial charge in [0, 0.05) is 26.1 Å². The van der Waals surface area contributed by atoms with Gasteiger partial charge in [0.2, 0.25) is 0 Å². The Morgan fingerprint density at radius 2 is 2.00 bits per heavy atom. The van der Waals surface area contributed by atoms with Gasteiger partial charge >= 0.3 is 0 Å². The van der Waals surface area contributed by atoms with Crippen molar-refractivity contribution < 1.29 is 14.2 Å². The molecule has 0 aromatic heterocycles. The summed E-state index contributed by atoms with van der Waals surface area (Å²) in [6.45, 7) is 6.25. The van der Waals surface area contributed by atoms with Crippen molar-refractivity contribution in [2.75, 3.05) is 14.2 Å². The van der Waals surface area contributed by atoms with Gasteiger partial charge in [0.15, 0.2) is 0 Å². The maximum absolute atomic E-state index is 5.97. The topological polar surface area (TPSA) is 27.7 Å². The highest BCUT2D eigenvalue weighted by Crippen LogP contribution is 2.38. The molecule has 1 aliphatic rings. The molecule has 3 unspecified atom stereocenters. The molecule has 4 heteroatoms. The zero-order valence-electron chi connectivity index (χ0n) is 10.0. The van der Waals surface area contributed by atoms with E-state index in [-0.39, 0.29) is 23.8 Å². The highest BCUT2D eigenvalue weighted by atomic mass is 16.6. The van der Waals surface area contributed by atoms with Crippen molar-refractivity contribution in [1.82, 2.24) is 0 Å². The van der Waals surface area contributed by atoms with E-state index in [4.69, 9.17) is 14.2 Å². The quantitative estimate of drug-likeness (QED) is 0.618. The van der Waals surface area contributed by atoms with Crippen LogP contribution in [0, 0.1) is 5.92 Å². The Balaban J connectivity index is 2.87. The Bertz CT molecular complexity index is 200. The van der Waals surface area contributed by atoms with E-state index in [0.29, 0.717) is 5.92 Å². The van der Waals surface area contributed by atoms with E-state index in [2.05, 4.69) is 21.7 Å². The zero-order valence-corrected chi connectivity index (χ0v) is 10.0. The first-order valence-electron chi connectivity index (χ1n) is 5.20. The maximum Gasteiger partial charge on any atom is 0.139 e. The van der Waals surface area contributed by atoms with Crippen LogP contribution in [0.3, 0.4) is 0 Å². The number of methoxy groups -OCH3 is 2. The van der Waals surface area contributed by atoms with Crippen LogP contribution in [0.4, 0.5) is 0 Å². The molecule has 1 aliphatic heterocycles. The minimum Gasteiger partial charge on any atom is -0.379 e. The van der Waals surface area contributed by atoms with Crippen molar-refractivity contribution in [2.45, 2.75) is 44.6 Å². The van der Waals surface area contributed by atoms with Crippen LogP contribution >= 0.6 is 0 Å². The summed E-state index contributed by atoms with van der Waals surface area (Å²) in [4.78, 5) is 0. The summed E-state index contributed by atoms with van der Waals surface area (Å²) in [6, 6.07) is 0.225. The molecule has 0 radical (unpaired) electrons. The van der Waals surface area contributed by atoms with Gasteiger partial charge in [0.05, 0.1) is 12.2 Å². The van der Waals surface area contributed by atoms with Crippen LogP contribution in [-0.2, 0) is 14.2 Å². The molecule has 1 saturated heterocycles. The molecule has 0 N–H and O–H groups in total. The second-order valence-electron chi connectivity index (χ2n) is 4.40. The molecule has 0 aromatic rings. The van der Waals surface area contributed by atoms with E-state index in [1.807, 2.05) is 6.92 Å². The lowest BCUT2D eigenvalue weighted by Crippen LogP contribution is -2.49. The van der Waals surface area contributed by atoms with Crippen LogP contribution in [-0.4, -0.2) is 45.9 Å². The van der Waals surface area contributed by atoms with Gasteiger partial charge in [-0.25, -0.2) is 0 Å². The Labute approximate surface area is 87.5 Å². The molecular weight excluding hydrogens is 179 g/mol. The summed E-state index contributed by atoms with van der Waals surface area (Å²) >= 11 is 0. The summed E-state index contributed by atoms with van der Waals surface area (Å²) in [5.41, 5.74) is -0.331. The van der Waals surface area contributed by atoms with Crippen molar-refractivity contribution in [3.05, 3.63) is 0 Å². The van der Waals surface area contributed by atoms with Gasteiger partial charge in [-0.05, 0) is 13.8 Å². The van der Waals surface area contributed by atoms with Crippen molar-refractivity contribution in [1.29, 1.82) is 0 Å². The van der Waals surface area contributed by atoms with E-state index in [1.165, 1.54) is 0 Å². The Morgan fingerprint density at radius 1 is 1.43 bits per heavy atom. The monoisotopic (exact) mass is 200 g/mol. The molecular formula is C10H21BO3. The van der Waals surface area contributed by atoms with Gasteiger partial charge in [-0.1, -0.05) is 6.92 Å². The van der Waals surface area contributed by atoms with Crippen LogP contribution in [0.25, 0.3) is 0 Å². The third kappa shape index (κ3) is 1.71. The van der Waals surface area contributed by atoms with E-state index in [1.54, 1.807) is 14.2 Å². The third-order valence-corrected chi connectivity index (χ3v) is 3.64. The van der Waals surface area contributed by atoms with E-state index in [9.17, 15) is 0 Å². The fourth-order valence-corrected chi connectivity index (χ4v) is 2.35. The molecule has 82 valence electrons. The molecule has 14 heavy (non-hydrogen) atoms. The number of ether oxygens (including phenoxy) is 3.